The molecule has 1 saturated heterocycles. The number of piperidine rings is 1. The van der Waals surface area contributed by atoms with Gasteiger partial charge in [0.05, 0.1) is 0 Å². The maximum Gasteiger partial charge on any atom is 0.387 e. The van der Waals surface area contributed by atoms with Crippen LogP contribution in [0, 0.1) is 11.6 Å². The zero-order chi connectivity index (χ0) is 17.9. The molecule has 1 aromatic carbocycles. The first-order valence-corrected chi connectivity index (χ1v) is 7.32. The standard InChI is InChI=1S/C15H16F4N2O3/c16-10-6-9(24-15(18)19)7-11(17)13(10)14(23)21-4-2-1-3-8(21)5-12(20)22/h6-8,15H,1-5H2,(H2,20,22)/t8-/m1/s1. The highest BCUT2D eigenvalue weighted by Gasteiger charge is 2.32. The monoisotopic (exact) mass is 348 g/mol. The number of likely N-dealkylation sites (tertiary alicyclic amines) is 1. The van der Waals surface area contributed by atoms with Gasteiger partial charge in [0.15, 0.2) is 0 Å². The average molecular weight is 348 g/mol. The van der Waals surface area contributed by atoms with Gasteiger partial charge < -0.3 is 15.4 Å². The Bertz CT molecular complexity index is 616. The third-order valence-electron chi connectivity index (χ3n) is 3.78. The van der Waals surface area contributed by atoms with Crippen LogP contribution in [0.4, 0.5) is 17.6 Å². The molecule has 0 saturated carbocycles. The second-order valence-electron chi connectivity index (χ2n) is 5.46. The molecule has 0 radical (unpaired) electrons. The molecule has 1 aliphatic rings. The number of benzene rings is 1. The Morgan fingerprint density at radius 3 is 2.42 bits per heavy atom. The molecule has 1 heterocycles. The van der Waals surface area contributed by atoms with Gasteiger partial charge in [0, 0.05) is 31.1 Å². The summed E-state index contributed by atoms with van der Waals surface area (Å²) < 4.78 is 56.3. The number of alkyl halides is 2. The minimum absolute atomic E-state index is 0.110. The van der Waals surface area contributed by atoms with Crippen LogP contribution >= 0.6 is 0 Å². The predicted molar refractivity (Wildman–Crippen MR) is 75.5 cm³/mol. The van der Waals surface area contributed by atoms with E-state index in [1.165, 1.54) is 4.90 Å². The highest BCUT2D eigenvalue weighted by atomic mass is 19.3. The van der Waals surface area contributed by atoms with E-state index in [2.05, 4.69) is 4.74 Å². The van der Waals surface area contributed by atoms with Gasteiger partial charge in [-0.2, -0.15) is 8.78 Å². The highest BCUT2D eigenvalue weighted by Crippen LogP contribution is 2.27. The van der Waals surface area contributed by atoms with E-state index in [9.17, 15) is 27.2 Å². The van der Waals surface area contributed by atoms with Gasteiger partial charge in [-0.25, -0.2) is 8.78 Å². The molecule has 0 aromatic heterocycles. The summed E-state index contributed by atoms with van der Waals surface area (Å²) >= 11 is 0. The minimum atomic E-state index is -3.24. The van der Waals surface area contributed by atoms with Crippen LogP contribution < -0.4 is 10.5 Å². The lowest BCUT2D eigenvalue weighted by molar-refractivity contribution is -0.119. The van der Waals surface area contributed by atoms with Gasteiger partial charge in [-0.15, -0.1) is 0 Å². The molecule has 5 nitrogen and oxygen atoms in total. The third kappa shape index (κ3) is 4.15. The van der Waals surface area contributed by atoms with E-state index in [-0.39, 0.29) is 13.0 Å². The van der Waals surface area contributed by atoms with Gasteiger partial charge >= 0.3 is 6.61 Å². The Labute approximate surface area is 135 Å². The molecule has 1 atom stereocenters. The summed E-state index contributed by atoms with van der Waals surface area (Å²) in [6.45, 7) is -3.02. The van der Waals surface area contributed by atoms with Crippen molar-refractivity contribution in [1.82, 2.24) is 4.90 Å². The Kier molecular flexibility index (Phi) is 5.63. The Morgan fingerprint density at radius 1 is 1.25 bits per heavy atom. The maximum absolute atomic E-state index is 14.1. The summed E-state index contributed by atoms with van der Waals surface area (Å²) in [6, 6.07) is 0.505. The second kappa shape index (κ2) is 7.50. The zero-order valence-corrected chi connectivity index (χ0v) is 12.6. The molecule has 2 N–H and O–H groups in total. The first-order chi connectivity index (χ1) is 11.3. The van der Waals surface area contributed by atoms with Crippen molar-refractivity contribution in [2.45, 2.75) is 38.3 Å². The summed E-state index contributed by atoms with van der Waals surface area (Å²) in [7, 11) is 0. The number of ether oxygens (including phenoxy) is 1. The highest BCUT2D eigenvalue weighted by molar-refractivity contribution is 5.95. The Morgan fingerprint density at radius 2 is 1.88 bits per heavy atom. The van der Waals surface area contributed by atoms with Crippen LogP contribution in [0.1, 0.15) is 36.0 Å². The molecule has 0 aliphatic carbocycles. The van der Waals surface area contributed by atoms with E-state index in [0.29, 0.717) is 25.0 Å². The van der Waals surface area contributed by atoms with Crippen LogP contribution in [0.3, 0.4) is 0 Å². The number of nitrogens with two attached hydrogens (primary N) is 1. The molecule has 9 heteroatoms. The van der Waals surface area contributed by atoms with Crippen molar-refractivity contribution in [2.24, 2.45) is 5.73 Å². The number of rotatable bonds is 5. The molecule has 2 amide bonds. The largest absolute Gasteiger partial charge is 0.435 e. The second-order valence-corrected chi connectivity index (χ2v) is 5.46. The molecular weight excluding hydrogens is 332 g/mol. The SMILES string of the molecule is NC(=O)C[C@H]1CCCCN1C(=O)c1c(F)cc(OC(F)F)cc1F. The number of nitrogens with zero attached hydrogens (tertiary/aromatic N) is 1. The number of carbonyl (C=O) groups excluding carboxylic acids is 2. The predicted octanol–water partition coefficient (Wildman–Crippen LogP) is 2.44. The van der Waals surface area contributed by atoms with E-state index < -0.39 is 47.4 Å². The summed E-state index contributed by atoms with van der Waals surface area (Å²) in [5.74, 6) is -4.90. The Hall–Kier alpha value is -2.32. The smallest absolute Gasteiger partial charge is 0.387 e. The Balaban J connectivity index is 2.29. The van der Waals surface area contributed by atoms with Gasteiger partial charge in [0.1, 0.15) is 22.9 Å². The number of hydrogen-bond donors (Lipinski definition) is 1. The van der Waals surface area contributed by atoms with Gasteiger partial charge in [-0.05, 0) is 19.3 Å². The molecule has 0 spiro atoms. The molecule has 1 aliphatic heterocycles. The van der Waals surface area contributed by atoms with Crippen LogP contribution in [-0.2, 0) is 4.79 Å². The van der Waals surface area contributed by atoms with Gasteiger partial charge in [-0.1, -0.05) is 0 Å². The average Bonchev–Trinajstić information content (AvgIpc) is 2.45. The van der Waals surface area contributed by atoms with Crippen molar-refractivity contribution < 1.29 is 31.9 Å². The molecule has 1 fully saturated rings. The van der Waals surface area contributed by atoms with E-state index in [1.807, 2.05) is 0 Å². The van der Waals surface area contributed by atoms with E-state index in [1.54, 1.807) is 0 Å². The molecule has 24 heavy (non-hydrogen) atoms. The van der Waals surface area contributed by atoms with Crippen molar-refractivity contribution in [3.05, 3.63) is 29.3 Å². The van der Waals surface area contributed by atoms with Gasteiger partial charge in [0.2, 0.25) is 5.91 Å². The molecular formula is C15H16F4N2O3. The zero-order valence-electron chi connectivity index (χ0n) is 12.6. The normalized spacial score (nSPS) is 17.9. The molecule has 0 unspecified atom stereocenters. The summed E-state index contributed by atoms with van der Waals surface area (Å²) in [5, 5.41) is 0. The summed E-state index contributed by atoms with van der Waals surface area (Å²) in [5.41, 5.74) is 4.27. The summed E-state index contributed by atoms with van der Waals surface area (Å²) in [4.78, 5) is 24.8. The van der Waals surface area contributed by atoms with E-state index in [0.717, 1.165) is 6.42 Å². The fraction of sp³-hybridized carbons (Fsp3) is 0.467. The van der Waals surface area contributed by atoms with Crippen LogP contribution in [0.15, 0.2) is 12.1 Å². The minimum Gasteiger partial charge on any atom is -0.435 e. The number of carbonyl (C=O) groups is 2. The van der Waals surface area contributed by atoms with Crippen molar-refractivity contribution in [2.75, 3.05) is 6.54 Å². The molecule has 1 aromatic rings. The number of halogens is 4. The van der Waals surface area contributed by atoms with Crippen LogP contribution in [0.25, 0.3) is 0 Å². The third-order valence-corrected chi connectivity index (χ3v) is 3.78. The fourth-order valence-corrected chi connectivity index (χ4v) is 2.78. The van der Waals surface area contributed by atoms with Crippen molar-refractivity contribution in [3.63, 3.8) is 0 Å². The lowest BCUT2D eigenvalue weighted by Crippen LogP contribution is -2.46. The van der Waals surface area contributed by atoms with Crippen LogP contribution in [0.5, 0.6) is 5.75 Å². The fourth-order valence-electron chi connectivity index (χ4n) is 2.78. The van der Waals surface area contributed by atoms with Crippen LogP contribution in [-0.4, -0.2) is 35.9 Å². The number of amides is 2. The van der Waals surface area contributed by atoms with E-state index >= 15 is 0 Å². The first kappa shape index (κ1) is 18.0. The van der Waals surface area contributed by atoms with Gasteiger partial charge in [0.25, 0.3) is 5.91 Å². The van der Waals surface area contributed by atoms with Crippen LogP contribution in [0.2, 0.25) is 0 Å². The van der Waals surface area contributed by atoms with E-state index in [4.69, 9.17) is 5.73 Å². The van der Waals surface area contributed by atoms with Gasteiger partial charge in [-0.3, -0.25) is 9.59 Å². The molecule has 2 rings (SSSR count). The number of hydrogen-bond acceptors (Lipinski definition) is 3. The van der Waals surface area contributed by atoms with Crippen molar-refractivity contribution in [1.29, 1.82) is 0 Å². The first-order valence-electron chi connectivity index (χ1n) is 7.32. The lowest BCUT2D eigenvalue weighted by Gasteiger charge is -2.35. The summed E-state index contributed by atoms with van der Waals surface area (Å²) in [6.07, 6.45) is 1.76. The number of primary amides is 1. The van der Waals surface area contributed by atoms with Crippen molar-refractivity contribution in [3.8, 4) is 5.75 Å². The molecule has 0 bridgehead atoms. The quantitative estimate of drug-likeness (QED) is 0.831. The maximum atomic E-state index is 14.1. The molecule has 132 valence electrons. The lowest BCUT2D eigenvalue weighted by atomic mass is 9.97. The topological polar surface area (TPSA) is 72.6 Å². The van der Waals surface area contributed by atoms with Crippen molar-refractivity contribution >= 4 is 11.8 Å².